The van der Waals surface area contributed by atoms with Gasteiger partial charge in [0.05, 0.1) is 12.6 Å². The summed E-state index contributed by atoms with van der Waals surface area (Å²) in [5.41, 5.74) is 10.4. The molecule has 0 aromatic carbocycles. The van der Waals surface area contributed by atoms with Crippen molar-refractivity contribution >= 4 is 29.9 Å². The normalized spacial score (nSPS) is 11.5. The highest BCUT2D eigenvalue weighted by Gasteiger charge is 2.00. The van der Waals surface area contributed by atoms with Crippen LogP contribution in [-0.4, -0.2) is 26.8 Å². The summed E-state index contributed by atoms with van der Waals surface area (Å²) in [5, 5.41) is 3.92. The second-order valence-electron chi connectivity index (χ2n) is 2.52. The lowest BCUT2D eigenvalue weighted by Gasteiger charge is -2.05. The van der Waals surface area contributed by atoms with Crippen LogP contribution in [0.3, 0.4) is 0 Å². The van der Waals surface area contributed by atoms with Crippen molar-refractivity contribution < 1.29 is 0 Å². The molecule has 7 heteroatoms. The Morgan fingerprint density at radius 1 is 1.62 bits per heavy atom. The lowest BCUT2D eigenvalue weighted by Crippen LogP contribution is -2.26. The van der Waals surface area contributed by atoms with E-state index in [0.29, 0.717) is 6.54 Å². The number of hydrogen-bond donors (Lipinski definition) is 2. The number of nitrogens with zero attached hydrogens (tertiary/aromatic N) is 4. The van der Waals surface area contributed by atoms with E-state index < -0.39 is 0 Å². The molecule has 1 rings (SSSR count). The van der Waals surface area contributed by atoms with Gasteiger partial charge in [0.1, 0.15) is 12.7 Å². The second-order valence-corrected chi connectivity index (χ2v) is 2.52. The molecule has 0 saturated heterocycles. The first-order valence-electron chi connectivity index (χ1n) is 3.59. The molecule has 0 amide bonds. The van der Waals surface area contributed by atoms with Crippen LogP contribution in [0.4, 0.5) is 0 Å². The second kappa shape index (κ2) is 5.73. The molecule has 0 aliphatic rings. The first-order valence-corrected chi connectivity index (χ1v) is 3.59. The van der Waals surface area contributed by atoms with Crippen LogP contribution in [0.15, 0.2) is 17.6 Å². The fourth-order valence-electron chi connectivity index (χ4n) is 0.893. The molecule has 1 aromatic heterocycles. The van der Waals surface area contributed by atoms with E-state index in [4.69, 9.17) is 11.5 Å². The molecule has 1 atom stereocenters. The van der Waals surface area contributed by atoms with Gasteiger partial charge in [-0.15, -0.1) is 24.0 Å². The SMILES string of the molecule is CC(Cn1cncn1)N=C(N)N.I. The van der Waals surface area contributed by atoms with Crippen LogP contribution < -0.4 is 11.5 Å². The first-order chi connectivity index (χ1) is 5.68. The third-order valence-electron chi connectivity index (χ3n) is 1.29. The van der Waals surface area contributed by atoms with E-state index in [1.165, 1.54) is 6.33 Å². The minimum absolute atomic E-state index is 0. The van der Waals surface area contributed by atoms with Gasteiger partial charge in [-0.3, -0.25) is 4.68 Å². The van der Waals surface area contributed by atoms with Crippen LogP contribution >= 0.6 is 24.0 Å². The van der Waals surface area contributed by atoms with E-state index >= 15 is 0 Å². The van der Waals surface area contributed by atoms with Crippen molar-refractivity contribution in [2.45, 2.75) is 19.5 Å². The van der Waals surface area contributed by atoms with Crippen LogP contribution in [0.5, 0.6) is 0 Å². The number of guanidine groups is 1. The monoisotopic (exact) mass is 296 g/mol. The Labute approximate surface area is 93.4 Å². The number of rotatable bonds is 3. The standard InChI is InChI=1S/C6H12N6.HI/c1-5(11-6(7)8)2-12-4-9-3-10-12;/h3-5H,2H2,1H3,(H4,7,8,11);1H. The number of halogens is 1. The van der Waals surface area contributed by atoms with Crippen molar-refractivity contribution in [2.75, 3.05) is 0 Å². The smallest absolute Gasteiger partial charge is 0.186 e. The quantitative estimate of drug-likeness (QED) is 0.449. The Morgan fingerprint density at radius 3 is 2.77 bits per heavy atom. The fraction of sp³-hybridized carbons (Fsp3) is 0.500. The Hall–Kier alpha value is -0.860. The highest BCUT2D eigenvalue weighted by molar-refractivity contribution is 14.0. The maximum absolute atomic E-state index is 5.20. The van der Waals surface area contributed by atoms with Crippen molar-refractivity contribution in [1.29, 1.82) is 0 Å². The minimum atomic E-state index is 0. The van der Waals surface area contributed by atoms with Crippen molar-refractivity contribution in [3.8, 4) is 0 Å². The predicted octanol–water partition coefficient (Wildman–Crippen LogP) is -0.442. The molecular formula is C6H13IN6. The van der Waals surface area contributed by atoms with Crippen molar-refractivity contribution in [2.24, 2.45) is 16.5 Å². The Balaban J connectivity index is 0.00000144. The van der Waals surface area contributed by atoms with Gasteiger partial charge >= 0.3 is 0 Å². The molecule has 0 fully saturated rings. The molecule has 0 saturated carbocycles. The lowest BCUT2D eigenvalue weighted by molar-refractivity contribution is 0.538. The molecule has 1 heterocycles. The number of aromatic nitrogens is 3. The topological polar surface area (TPSA) is 95.1 Å². The molecule has 0 aliphatic carbocycles. The summed E-state index contributed by atoms with van der Waals surface area (Å²) in [7, 11) is 0. The van der Waals surface area contributed by atoms with Crippen molar-refractivity contribution in [3.63, 3.8) is 0 Å². The largest absolute Gasteiger partial charge is 0.370 e. The summed E-state index contributed by atoms with van der Waals surface area (Å²) in [6.45, 7) is 2.54. The highest BCUT2D eigenvalue weighted by atomic mass is 127. The predicted molar refractivity (Wildman–Crippen MR) is 60.7 cm³/mol. The average molecular weight is 296 g/mol. The van der Waals surface area contributed by atoms with Crippen LogP contribution in [0.25, 0.3) is 0 Å². The van der Waals surface area contributed by atoms with E-state index in [1.807, 2.05) is 6.92 Å². The van der Waals surface area contributed by atoms with Gasteiger partial charge in [-0.1, -0.05) is 0 Å². The molecule has 0 bridgehead atoms. The van der Waals surface area contributed by atoms with Crippen LogP contribution in [0, 0.1) is 0 Å². The highest BCUT2D eigenvalue weighted by Crippen LogP contribution is 1.92. The number of hydrogen-bond acceptors (Lipinski definition) is 3. The van der Waals surface area contributed by atoms with Gasteiger partial charge in [0, 0.05) is 0 Å². The van der Waals surface area contributed by atoms with E-state index in [-0.39, 0.29) is 36.0 Å². The molecule has 0 spiro atoms. The molecule has 4 N–H and O–H groups in total. The lowest BCUT2D eigenvalue weighted by atomic mass is 10.3. The Morgan fingerprint density at radius 2 is 2.31 bits per heavy atom. The van der Waals surface area contributed by atoms with Crippen LogP contribution in [0.2, 0.25) is 0 Å². The van der Waals surface area contributed by atoms with Crippen molar-refractivity contribution in [3.05, 3.63) is 12.7 Å². The average Bonchev–Trinajstić information content (AvgIpc) is 2.37. The maximum Gasteiger partial charge on any atom is 0.186 e. The van der Waals surface area contributed by atoms with Gasteiger partial charge in [-0.25, -0.2) is 9.98 Å². The van der Waals surface area contributed by atoms with E-state index in [0.717, 1.165) is 0 Å². The molecular weight excluding hydrogens is 283 g/mol. The van der Waals surface area contributed by atoms with Crippen LogP contribution in [0.1, 0.15) is 6.92 Å². The van der Waals surface area contributed by atoms with E-state index in [1.54, 1.807) is 11.0 Å². The first kappa shape index (κ1) is 12.1. The van der Waals surface area contributed by atoms with Crippen LogP contribution in [-0.2, 0) is 6.54 Å². The number of nitrogens with two attached hydrogens (primary N) is 2. The Bertz CT molecular complexity index is 252. The zero-order valence-corrected chi connectivity index (χ0v) is 9.62. The van der Waals surface area contributed by atoms with Gasteiger partial charge < -0.3 is 11.5 Å². The molecule has 74 valence electrons. The third-order valence-corrected chi connectivity index (χ3v) is 1.29. The Kier molecular flexibility index (Phi) is 5.35. The summed E-state index contributed by atoms with van der Waals surface area (Å²) >= 11 is 0. The van der Waals surface area contributed by atoms with E-state index in [9.17, 15) is 0 Å². The molecule has 6 nitrogen and oxygen atoms in total. The summed E-state index contributed by atoms with van der Waals surface area (Å²) in [4.78, 5) is 7.73. The van der Waals surface area contributed by atoms with Gasteiger partial charge in [0.25, 0.3) is 0 Å². The summed E-state index contributed by atoms with van der Waals surface area (Å²) in [5.74, 6) is 0.0996. The van der Waals surface area contributed by atoms with Gasteiger partial charge in [0.15, 0.2) is 5.96 Å². The summed E-state index contributed by atoms with van der Waals surface area (Å²) in [6.07, 6.45) is 3.10. The maximum atomic E-state index is 5.20. The molecule has 0 aliphatic heterocycles. The molecule has 0 radical (unpaired) electrons. The minimum Gasteiger partial charge on any atom is -0.370 e. The van der Waals surface area contributed by atoms with Gasteiger partial charge in [0.2, 0.25) is 0 Å². The number of aliphatic imine (C=N–C) groups is 1. The third kappa shape index (κ3) is 4.65. The zero-order chi connectivity index (χ0) is 8.97. The fourth-order valence-corrected chi connectivity index (χ4v) is 0.893. The zero-order valence-electron chi connectivity index (χ0n) is 7.29. The van der Waals surface area contributed by atoms with Gasteiger partial charge in [-0.05, 0) is 6.92 Å². The summed E-state index contributed by atoms with van der Waals surface area (Å²) < 4.78 is 1.68. The molecule has 13 heavy (non-hydrogen) atoms. The van der Waals surface area contributed by atoms with Crippen molar-refractivity contribution in [1.82, 2.24) is 14.8 Å². The summed E-state index contributed by atoms with van der Waals surface area (Å²) in [6, 6.07) is 0.0247. The molecule has 1 aromatic rings. The molecule has 1 unspecified atom stereocenters. The van der Waals surface area contributed by atoms with E-state index in [2.05, 4.69) is 15.1 Å². The van der Waals surface area contributed by atoms with Gasteiger partial charge in [-0.2, -0.15) is 5.10 Å².